The Balaban J connectivity index is 1.83. The number of fused-ring (bicyclic) bond motifs is 1. The monoisotopic (exact) mass is 320 g/mol. The van der Waals surface area contributed by atoms with Crippen molar-refractivity contribution in [3.05, 3.63) is 23.8 Å². The highest BCUT2D eigenvalue weighted by Crippen LogP contribution is 2.40. The minimum atomic E-state index is -0.305. The first-order chi connectivity index (χ1) is 11.1. The number of nitrogens with one attached hydrogen (secondary N) is 1. The maximum Gasteiger partial charge on any atom is 0.234 e. The van der Waals surface area contributed by atoms with Gasteiger partial charge in [0.2, 0.25) is 12.7 Å². The van der Waals surface area contributed by atoms with Gasteiger partial charge in [-0.25, -0.2) is 0 Å². The highest BCUT2D eigenvalue weighted by Gasteiger charge is 2.36. The van der Waals surface area contributed by atoms with Crippen LogP contribution in [0.15, 0.2) is 18.2 Å². The van der Waals surface area contributed by atoms with E-state index in [9.17, 15) is 4.79 Å². The van der Waals surface area contributed by atoms with Crippen molar-refractivity contribution in [2.45, 2.75) is 37.6 Å². The maximum atomic E-state index is 11.5. The van der Waals surface area contributed by atoms with Crippen molar-refractivity contribution in [1.82, 2.24) is 5.32 Å². The molecule has 0 spiro atoms. The van der Waals surface area contributed by atoms with Crippen LogP contribution in [0, 0.1) is 0 Å². The van der Waals surface area contributed by atoms with Gasteiger partial charge in [0.05, 0.1) is 6.04 Å². The van der Waals surface area contributed by atoms with Gasteiger partial charge in [0.1, 0.15) is 0 Å². The number of benzene rings is 1. The van der Waals surface area contributed by atoms with Crippen LogP contribution in [0.3, 0.4) is 0 Å². The summed E-state index contributed by atoms with van der Waals surface area (Å²) in [5, 5.41) is 3.34. The van der Waals surface area contributed by atoms with Gasteiger partial charge in [-0.1, -0.05) is 13.0 Å². The van der Waals surface area contributed by atoms with Crippen LogP contribution in [0.4, 0.5) is 0 Å². The van der Waals surface area contributed by atoms with Crippen LogP contribution in [0.5, 0.6) is 11.5 Å². The van der Waals surface area contributed by atoms with Crippen molar-refractivity contribution in [3.8, 4) is 11.5 Å². The zero-order chi connectivity index (χ0) is 16.3. The molecule has 0 saturated carbocycles. The summed E-state index contributed by atoms with van der Waals surface area (Å²) in [7, 11) is 0. The molecular weight excluding hydrogens is 296 g/mol. The summed E-state index contributed by atoms with van der Waals surface area (Å²) in [6, 6.07) is 5.80. The first-order valence-electron chi connectivity index (χ1n) is 8.15. The molecule has 0 aromatic heterocycles. The minimum absolute atomic E-state index is 0.0812. The SMILES string of the molecule is CC[C@H](NCC1(c2ccc3c(c2)OCO3)CCOCC1)C(N)=O. The number of carbonyl (C=O) groups excluding carboxylic acids is 1. The van der Waals surface area contributed by atoms with Crippen molar-refractivity contribution in [2.24, 2.45) is 5.73 Å². The number of hydrogen-bond donors (Lipinski definition) is 2. The van der Waals surface area contributed by atoms with Gasteiger partial charge in [0.25, 0.3) is 0 Å². The Kier molecular flexibility index (Phi) is 4.73. The molecule has 1 amide bonds. The average molecular weight is 320 g/mol. The molecule has 1 aromatic rings. The molecule has 1 aromatic carbocycles. The van der Waals surface area contributed by atoms with Gasteiger partial charge >= 0.3 is 0 Å². The Morgan fingerprint density at radius 2 is 2.04 bits per heavy atom. The molecule has 6 nitrogen and oxygen atoms in total. The summed E-state index contributed by atoms with van der Waals surface area (Å²) in [5.41, 5.74) is 6.57. The second-order valence-electron chi connectivity index (χ2n) is 6.20. The van der Waals surface area contributed by atoms with Crippen molar-refractivity contribution in [2.75, 3.05) is 26.6 Å². The molecule has 6 heteroatoms. The summed E-state index contributed by atoms with van der Waals surface area (Å²) < 4.78 is 16.5. The predicted molar refractivity (Wildman–Crippen MR) is 85.6 cm³/mol. The Labute approximate surface area is 136 Å². The minimum Gasteiger partial charge on any atom is -0.454 e. The van der Waals surface area contributed by atoms with E-state index >= 15 is 0 Å². The Bertz CT molecular complexity index is 570. The lowest BCUT2D eigenvalue weighted by Gasteiger charge is -2.39. The van der Waals surface area contributed by atoms with Crippen molar-refractivity contribution in [3.63, 3.8) is 0 Å². The van der Waals surface area contributed by atoms with Crippen LogP contribution in [0.2, 0.25) is 0 Å². The number of carbonyl (C=O) groups is 1. The predicted octanol–water partition coefficient (Wildman–Crippen LogP) is 1.32. The van der Waals surface area contributed by atoms with Crippen molar-refractivity contribution in [1.29, 1.82) is 0 Å². The van der Waals surface area contributed by atoms with E-state index in [4.69, 9.17) is 19.9 Å². The number of hydrogen-bond acceptors (Lipinski definition) is 5. The number of primary amides is 1. The molecule has 2 heterocycles. The second-order valence-corrected chi connectivity index (χ2v) is 6.20. The van der Waals surface area contributed by atoms with Crippen LogP contribution in [-0.2, 0) is 14.9 Å². The topological polar surface area (TPSA) is 82.8 Å². The zero-order valence-electron chi connectivity index (χ0n) is 13.5. The lowest BCUT2D eigenvalue weighted by atomic mass is 9.74. The third kappa shape index (κ3) is 3.28. The van der Waals surface area contributed by atoms with E-state index in [1.807, 2.05) is 13.0 Å². The number of amides is 1. The molecule has 3 N–H and O–H groups in total. The third-order valence-corrected chi connectivity index (χ3v) is 4.87. The second kappa shape index (κ2) is 6.76. The molecule has 1 atom stereocenters. The molecule has 23 heavy (non-hydrogen) atoms. The van der Waals surface area contributed by atoms with Crippen LogP contribution in [0.25, 0.3) is 0 Å². The van der Waals surface area contributed by atoms with E-state index in [1.54, 1.807) is 0 Å². The molecule has 126 valence electrons. The molecule has 2 aliphatic heterocycles. The lowest BCUT2D eigenvalue weighted by molar-refractivity contribution is -0.120. The molecule has 0 aliphatic carbocycles. The smallest absolute Gasteiger partial charge is 0.234 e. The quantitative estimate of drug-likeness (QED) is 0.826. The van der Waals surface area contributed by atoms with Gasteiger partial charge in [0.15, 0.2) is 11.5 Å². The fourth-order valence-corrected chi connectivity index (χ4v) is 3.32. The van der Waals surface area contributed by atoms with Gasteiger partial charge in [-0.05, 0) is 37.0 Å². The summed E-state index contributed by atoms with van der Waals surface area (Å²) in [4.78, 5) is 11.5. The van der Waals surface area contributed by atoms with Crippen LogP contribution in [0.1, 0.15) is 31.7 Å². The average Bonchev–Trinajstić information content (AvgIpc) is 3.03. The fraction of sp³-hybridized carbons (Fsp3) is 0.588. The maximum absolute atomic E-state index is 11.5. The van der Waals surface area contributed by atoms with E-state index in [2.05, 4.69) is 17.4 Å². The van der Waals surface area contributed by atoms with Crippen molar-refractivity contribution < 1.29 is 19.0 Å². The van der Waals surface area contributed by atoms with Gasteiger partial charge in [-0.15, -0.1) is 0 Å². The first kappa shape index (κ1) is 16.1. The molecule has 0 radical (unpaired) electrons. The summed E-state index contributed by atoms with van der Waals surface area (Å²) in [6.45, 7) is 4.34. The number of rotatable bonds is 6. The molecule has 0 unspecified atom stereocenters. The van der Waals surface area contributed by atoms with Crippen LogP contribution >= 0.6 is 0 Å². The van der Waals surface area contributed by atoms with Gasteiger partial charge in [0, 0.05) is 25.2 Å². The lowest BCUT2D eigenvalue weighted by Crippen LogP contribution is -2.49. The number of nitrogens with two attached hydrogens (primary N) is 1. The standard InChI is InChI=1S/C17H24N2O4/c1-2-13(16(18)20)19-10-17(5-7-21-8-6-17)12-3-4-14-15(9-12)23-11-22-14/h3-4,9,13,19H,2,5-8,10-11H2,1H3,(H2,18,20)/t13-/m0/s1. The van der Waals surface area contributed by atoms with E-state index in [1.165, 1.54) is 5.56 Å². The Morgan fingerprint density at radius 3 is 2.74 bits per heavy atom. The Hall–Kier alpha value is -1.79. The highest BCUT2D eigenvalue weighted by atomic mass is 16.7. The third-order valence-electron chi connectivity index (χ3n) is 4.87. The van der Waals surface area contributed by atoms with Gasteiger partial charge in [-0.2, -0.15) is 0 Å². The normalized spacial score (nSPS) is 20.2. The largest absolute Gasteiger partial charge is 0.454 e. The van der Waals surface area contributed by atoms with Crippen LogP contribution < -0.4 is 20.5 Å². The number of ether oxygens (including phenoxy) is 3. The molecule has 2 aliphatic rings. The highest BCUT2D eigenvalue weighted by molar-refractivity contribution is 5.79. The molecule has 1 saturated heterocycles. The Morgan fingerprint density at radius 1 is 1.30 bits per heavy atom. The van der Waals surface area contributed by atoms with Gasteiger partial charge < -0.3 is 25.3 Å². The summed E-state index contributed by atoms with van der Waals surface area (Å²) in [5.74, 6) is 1.27. The molecule has 1 fully saturated rings. The molecular formula is C17H24N2O4. The van der Waals surface area contributed by atoms with E-state index < -0.39 is 0 Å². The van der Waals surface area contributed by atoms with Gasteiger partial charge in [-0.3, -0.25) is 4.79 Å². The first-order valence-corrected chi connectivity index (χ1v) is 8.15. The summed E-state index contributed by atoms with van der Waals surface area (Å²) >= 11 is 0. The van der Waals surface area contributed by atoms with Crippen LogP contribution in [-0.4, -0.2) is 38.5 Å². The van der Waals surface area contributed by atoms with E-state index in [0.29, 0.717) is 26.2 Å². The zero-order valence-corrected chi connectivity index (χ0v) is 13.5. The van der Waals surface area contributed by atoms with Crippen molar-refractivity contribution >= 4 is 5.91 Å². The van der Waals surface area contributed by atoms with E-state index in [0.717, 1.165) is 24.3 Å². The molecule has 0 bridgehead atoms. The fourth-order valence-electron chi connectivity index (χ4n) is 3.32. The summed E-state index contributed by atoms with van der Waals surface area (Å²) in [6.07, 6.45) is 2.48. The van der Waals surface area contributed by atoms with E-state index in [-0.39, 0.29) is 24.2 Å². The molecule has 3 rings (SSSR count).